The molecule has 0 amide bonds. The van der Waals surface area contributed by atoms with Crippen molar-refractivity contribution >= 4 is 47.1 Å². The summed E-state index contributed by atoms with van der Waals surface area (Å²) in [6.07, 6.45) is 1.61. The number of anilines is 1. The molecule has 0 aliphatic heterocycles. The van der Waals surface area contributed by atoms with Gasteiger partial charge in [-0.3, -0.25) is 0 Å². The Morgan fingerprint density at radius 1 is 1.14 bits per heavy atom. The zero-order valence-electron chi connectivity index (χ0n) is 14.7. The van der Waals surface area contributed by atoms with Gasteiger partial charge in [0.2, 0.25) is 0 Å². The molecule has 0 aliphatic rings. The van der Waals surface area contributed by atoms with E-state index in [2.05, 4.69) is 31.3 Å². The van der Waals surface area contributed by atoms with Crippen LogP contribution in [-0.4, -0.2) is 23.0 Å². The van der Waals surface area contributed by atoms with Gasteiger partial charge >= 0.3 is 0 Å². The third-order valence-electron chi connectivity index (χ3n) is 4.26. The van der Waals surface area contributed by atoms with E-state index in [0.29, 0.717) is 33.7 Å². The van der Waals surface area contributed by atoms with Gasteiger partial charge < -0.3 is 5.32 Å². The summed E-state index contributed by atoms with van der Waals surface area (Å²) in [5.41, 5.74) is 2.21. The Labute approximate surface area is 178 Å². The first-order chi connectivity index (χ1) is 13.8. The zero-order valence-corrected chi connectivity index (χ0v) is 17.8. The van der Waals surface area contributed by atoms with E-state index < -0.39 is 9.05 Å². The summed E-state index contributed by atoms with van der Waals surface area (Å²) in [5.74, 6) is 0.233. The second-order valence-electron chi connectivity index (χ2n) is 6.17. The van der Waals surface area contributed by atoms with Gasteiger partial charge in [0.05, 0.1) is 21.3 Å². The van der Waals surface area contributed by atoms with Crippen molar-refractivity contribution in [3.63, 3.8) is 0 Å². The summed E-state index contributed by atoms with van der Waals surface area (Å²) >= 11 is 3.41. The minimum Gasteiger partial charge on any atom is -0.366 e. The standard InChI is InChI=1S/C19H13BrClFN4O2S/c20-15-11-24-26-18(23-10-12-5-7-13(8-6-12)29(21,27)28)9-17(25-19(15)26)14-3-1-2-4-16(14)22/h1-9,11,23H,10H2. The molecule has 10 heteroatoms. The highest BCUT2D eigenvalue weighted by Crippen LogP contribution is 2.27. The fourth-order valence-electron chi connectivity index (χ4n) is 2.83. The van der Waals surface area contributed by atoms with Gasteiger partial charge in [0.15, 0.2) is 5.65 Å². The number of fused-ring (bicyclic) bond motifs is 1. The molecule has 0 fully saturated rings. The molecule has 2 aromatic carbocycles. The Hall–Kier alpha value is -2.49. The van der Waals surface area contributed by atoms with Gasteiger partial charge in [-0.15, -0.1) is 0 Å². The summed E-state index contributed by atoms with van der Waals surface area (Å²) in [4.78, 5) is 4.55. The van der Waals surface area contributed by atoms with Gasteiger partial charge in [0, 0.05) is 28.9 Å². The Balaban J connectivity index is 1.69. The Bertz CT molecular complexity index is 1310. The summed E-state index contributed by atoms with van der Waals surface area (Å²) in [6, 6.07) is 14.3. The van der Waals surface area contributed by atoms with Crippen molar-refractivity contribution in [2.75, 3.05) is 5.32 Å². The van der Waals surface area contributed by atoms with Gasteiger partial charge in [-0.05, 0) is 45.8 Å². The lowest BCUT2D eigenvalue weighted by Gasteiger charge is -2.11. The number of halogens is 3. The molecule has 148 valence electrons. The topological polar surface area (TPSA) is 76.4 Å². The van der Waals surface area contributed by atoms with Crippen molar-refractivity contribution < 1.29 is 12.8 Å². The van der Waals surface area contributed by atoms with Crippen LogP contribution in [0.25, 0.3) is 16.9 Å². The highest BCUT2D eigenvalue weighted by Gasteiger charge is 2.14. The predicted octanol–water partition coefficient (Wildman–Crippen LogP) is 4.84. The van der Waals surface area contributed by atoms with Crippen molar-refractivity contribution in [3.05, 3.63) is 76.6 Å². The molecule has 0 saturated heterocycles. The lowest BCUT2D eigenvalue weighted by Crippen LogP contribution is -2.07. The van der Waals surface area contributed by atoms with Gasteiger partial charge in [-0.25, -0.2) is 17.8 Å². The maximum atomic E-state index is 14.3. The third kappa shape index (κ3) is 4.12. The second-order valence-corrected chi connectivity index (χ2v) is 9.59. The average Bonchev–Trinajstić information content (AvgIpc) is 3.07. The lowest BCUT2D eigenvalue weighted by atomic mass is 10.1. The van der Waals surface area contributed by atoms with E-state index in [1.165, 1.54) is 18.2 Å². The first-order valence-electron chi connectivity index (χ1n) is 8.39. The van der Waals surface area contributed by atoms with E-state index in [1.54, 1.807) is 47.1 Å². The number of hydrogen-bond acceptors (Lipinski definition) is 5. The van der Waals surface area contributed by atoms with E-state index in [4.69, 9.17) is 10.7 Å². The normalized spacial score (nSPS) is 11.7. The molecular weight excluding hydrogens is 483 g/mol. The summed E-state index contributed by atoms with van der Waals surface area (Å²) in [6.45, 7) is 0.385. The van der Waals surface area contributed by atoms with Crippen molar-refractivity contribution in [2.24, 2.45) is 0 Å². The molecule has 4 aromatic rings. The fourth-order valence-corrected chi connectivity index (χ4v) is 3.95. The highest BCUT2D eigenvalue weighted by atomic mass is 79.9. The van der Waals surface area contributed by atoms with Crippen molar-refractivity contribution in [1.29, 1.82) is 0 Å². The van der Waals surface area contributed by atoms with Crippen LogP contribution in [0, 0.1) is 5.82 Å². The largest absolute Gasteiger partial charge is 0.366 e. The maximum Gasteiger partial charge on any atom is 0.261 e. The number of nitrogens with one attached hydrogen (secondary N) is 1. The summed E-state index contributed by atoms with van der Waals surface area (Å²) in [7, 11) is 1.58. The van der Waals surface area contributed by atoms with Crippen LogP contribution in [0.15, 0.2) is 70.2 Å². The Morgan fingerprint density at radius 2 is 1.86 bits per heavy atom. The molecular formula is C19H13BrClFN4O2S. The molecule has 1 N–H and O–H groups in total. The van der Waals surface area contributed by atoms with Crippen molar-refractivity contribution in [2.45, 2.75) is 11.4 Å². The van der Waals surface area contributed by atoms with Crippen LogP contribution in [0.1, 0.15) is 5.56 Å². The van der Waals surface area contributed by atoms with Gasteiger partial charge in [0.25, 0.3) is 9.05 Å². The van der Waals surface area contributed by atoms with E-state index in [1.807, 2.05) is 0 Å². The number of rotatable bonds is 5. The quantitative estimate of drug-likeness (QED) is 0.401. The Kier molecular flexibility index (Phi) is 5.28. The monoisotopic (exact) mass is 494 g/mol. The maximum absolute atomic E-state index is 14.3. The summed E-state index contributed by atoms with van der Waals surface area (Å²) in [5, 5.41) is 7.53. The molecule has 0 unspecified atom stereocenters. The molecule has 4 rings (SSSR count). The Morgan fingerprint density at radius 3 is 2.55 bits per heavy atom. The molecule has 2 heterocycles. The first-order valence-corrected chi connectivity index (χ1v) is 11.5. The first kappa shape index (κ1) is 19.8. The molecule has 29 heavy (non-hydrogen) atoms. The second kappa shape index (κ2) is 7.74. The van der Waals surface area contributed by atoms with E-state index in [0.717, 1.165) is 5.56 Å². The van der Waals surface area contributed by atoms with Crippen LogP contribution >= 0.6 is 26.6 Å². The van der Waals surface area contributed by atoms with Crippen LogP contribution in [0.3, 0.4) is 0 Å². The predicted molar refractivity (Wildman–Crippen MR) is 113 cm³/mol. The van der Waals surface area contributed by atoms with Crippen LogP contribution in [-0.2, 0) is 15.6 Å². The van der Waals surface area contributed by atoms with Crippen molar-refractivity contribution in [3.8, 4) is 11.3 Å². The zero-order chi connectivity index (χ0) is 20.6. The average molecular weight is 496 g/mol. The van der Waals surface area contributed by atoms with E-state index in [-0.39, 0.29) is 10.7 Å². The molecule has 0 aliphatic carbocycles. The number of nitrogens with zero attached hydrogens (tertiary/aromatic N) is 3. The molecule has 0 spiro atoms. The summed E-state index contributed by atoms with van der Waals surface area (Å²) < 4.78 is 39.3. The number of benzene rings is 2. The molecule has 0 saturated carbocycles. The van der Waals surface area contributed by atoms with Crippen LogP contribution in [0.2, 0.25) is 0 Å². The van der Waals surface area contributed by atoms with E-state index >= 15 is 0 Å². The van der Waals surface area contributed by atoms with Crippen molar-refractivity contribution in [1.82, 2.24) is 14.6 Å². The molecule has 6 nitrogen and oxygen atoms in total. The van der Waals surface area contributed by atoms with Crippen LogP contribution in [0.4, 0.5) is 10.2 Å². The minimum atomic E-state index is -3.76. The smallest absolute Gasteiger partial charge is 0.261 e. The van der Waals surface area contributed by atoms with Crippen LogP contribution < -0.4 is 5.32 Å². The molecule has 2 aromatic heterocycles. The van der Waals surface area contributed by atoms with Crippen LogP contribution in [0.5, 0.6) is 0 Å². The van der Waals surface area contributed by atoms with Gasteiger partial charge in [-0.1, -0.05) is 24.3 Å². The van der Waals surface area contributed by atoms with Gasteiger partial charge in [0.1, 0.15) is 11.6 Å². The molecule has 0 bridgehead atoms. The third-order valence-corrected chi connectivity index (χ3v) is 6.19. The highest BCUT2D eigenvalue weighted by molar-refractivity contribution is 9.10. The SMILES string of the molecule is O=S(=O)(Cl)c1ccc(CNc2cc(-c3ccccc3F)nc3c(Br)cnn23)cc1. The number of hydrogen-bond donors (Lipinski definition) is 1. The fraction of sp³-hybridized carbons (Fsp3) is 0.0526. The lowest BCUT2D eigenvalue weighted by molar-refractivity contribution is 0.609. The molecule has 0 atom stereocenters. The van der Waals surface area contributed by atoms with E-state index in [9.17, 15) is 12.8 Å². The van der Waals surface area contributed by atoms with Gasteiger partial charge in [-0.2, -0.15) is 9.61 Å². The minimum absolute atomic E-state index is 0.0343. The molecule has 0 radical (unpaired) electrons. The number of aromatic nitrogens is 3.